The van der Waals surface area contributed by atoms with Crippen molar-refractivity contribution in [1.29, 1.82) is 0 Å². The van der Waals surface area contributed by atoms with Gasteiger partial charge in [0.2, 0.25) is 10.0 Å². The van der Waals surface area contributed by atoms with Crippen molar-refractivity contribution >= 4 is 15.7 Å². The molecule has 0 aromatic heterocycles. The highest BCUT2D eigenvalue weighted by atomic mass is 32.2. The van der Waals surface area contributed by atoms with Gasteiger partial charge in [0.1, 0.15) is 5.75 Å². The Morgan fingerprint density at radius 2 is 2.15 bits per heavy atom. The van der Waals surface area contributed by atoms with E-state index in [9.17, 15) is 13.5 Å². The number of ether oxygens (including phenoxy) is 1. The zero-order valence-corrected chi connectivity index (χ0v) is 12.5. The third-order valence-corrected chi connectivity index (χ3v) is 5.32. The van der Waals surface area contributed by atoms with Crippen LogP contribution in [0.5, 0.6) is 5.75 Å². The number of anilines is 1. The molecule has 7 heteroatoms. The number of piperidine rings is 1. The summed E-state index contributed by atoms with van der Waals surface area (Å²) < 4.78 is 31.5. The standard InChI is InChI=1S/C13H20N2O4S/c1-13(16)6-3-7-15(9-13)20(17,18)10-4-5-11(14)12(8-10)19-2/h4-5,8,16H,3,6-7,9,14H2,1-2H3. The van der Waals surface area contributed by atoms with Crippen LogP contribution in [0.25, 0.3) is 0 Å². The predicted molar refractivity (Wildman–Crippen MR) is 76.0 cm³/mol. The minimum absolute atomic E-state index is 0.0992. The minimum atomic E-state index is -3.64. The molecule has 1 atom stereocenters. The summed E-state index contributed by atoms with van der Waals surface area (Å²) in [5.74, 6) is 0.329. The topological polar surface area (TPSA) is 92.9 Å². The Morgan fingerprint density at radius 1 is 1.45 bits per heavy atom. The van der Waals surface area contributed by atoms with Gasteiger partial charge in [-0.05, 0) is 31.9 Å². The molecule has 1 aliphatic heterocycles. The number of rotatable bonds is 3. The van der Waals surface area contributed by atoms with Crippen LogP contribution in [0.1, 0.15) is 19.8 Å². The van der Waals surface area contributed by atoms with E-state index in [1.807, 2.05) is 0 Å². The SMILES string of the molecule is COc1cc(S(=O)(=O)N2CCCC(C)(O)C2)ccc1N. The van der Waals surface area contributed by atoms with Gasteiger partial charge in [-0.3, -0.25) is 0 Å². The second-order valence-electron chi connectivity index (χ2n) is 5.34. The highest BCUT2D eigenvalue weighted by Crippen LogP contribution is 2.29. The second kappa shape index (κ2) is 5.23. The van der Waals surface area contributed by atoms with Crippen molar-refractivity contribution < 1.29 is 18.3 Å². The molecule has 1 saturated heterocycles. The van der Waals surface area contributed by atoms with Crippen LogP contribution in [-0.2, 0) is 10.0 Å². The number of sulfonamides is 1. The van der Waals surface area contributed by atoms with E-state index < -0.39 is 15.6 Å². The number of nitrogen functional groups attached to an aromatic ring is 1. The Bertz CT molecular complexity index is 598. The van der Waals surface area contributed by atoms with Gasteiger partial charge in [-0.15, -0.1) is 0 Å². The van der Waals surface area contributed by atoms with Gasteiger partial charge >= 0.3 is 0 Å². The van der Waals surface area contributed by atoms with Crippen molar-refractivity contribution in [3.05, 3.63) is 18.2 Å². The summed E-state index contributed by atoms with van der Waals surface area (Å²) >= 11 is 0. The molecule has 1 aliphatic rings. The number of benzene rings is 1. The molecule has 1 aromatic rings. The monoisotopic (exact) mass is 300 g/mol. The summed E-state index contributed by atoms with van der Waals surface area (Å²) in [7, 11) is -2.21. The summed E-state index contributed by atoms with van der Waals surface area (Å²) in [4.78, 5) is 0.126. The van der Waals surface area contributed by atoms with Gasteiger partial charge in [0.15, 0.2) is 0 Å². The zero-order chi connectivity index (χ0) is 15.0. The van der Waals surface area contributed by atoms with E-state index in [0.29, 0.717) is 30.8 Å². The molecule has 0 saturated carbocycles. The minimum Gasteiger partial charge on any atom is -0.495 e. The number of hydrogen-bond acceptors (Lipinski definition) is 5. The van der Waals surface area contributed by atoms with Crippen LogP contribution in [0.3, 0.4) is 0 Å². The predicted octanol–water partition coefficient (Wildman–Crippen LogP) is 0.813. The molecular weight excluding hydrogens is 280 g/mol. The fourth-order valence-electron chi connectivity index (χ4n) is 2.38. The molecule has 1 aromatic carbocycles. The third-order valence-electron chi connectivity index (χ3n) is 3.48. The molecule has 0 aliphatic carbocycles. The highest BCUT2D eigenvalue weighted by molar-refractivity contribution is 7.89. The lowest BCUT2D eigenvalue weighted by Gasteiger charge is -2.35. The maximum atomic E-state index is 12.6. The van der Waals surface area contributed by atoms with Crippen molar-refractivity contribution in [3.8, 4) is 5.75 Å². The van der Waals surface area contributed by atoms with E-state index in [0.717, 1.165) is 0 Å². The van der Waals surface area contributed by atoms with E-state index in [2.05, 4.69) is 0 Å². The summed E-state index contributed by atoms with van der Waals surface area (Å²) in [5.41, 5.74) is 5.09. The lowest BCUT2D eigenvalue weighted by Crippen LogP contribution is -2.48. The first kappa shape index (κ1) is 15.1. The molecule has 6 nitrogen and oxygen atoms in total. The summed E-state index contributed by atoms with van der Waals surface area (Å²) in [6, 6.07) is 4.37. The molecule has 2 rings (SSSR count). The van der Waals surface area contributed by atoms with E-state index in [1.165, 1.54) is 29.6 Å². The largest absolute Gasteiger partial charge is 0.495 e. The lowest BCUT2D eigenvalue weighted by molar-refractivity contribution is 0.00940. The molecule has 1 heterocycles. The molecule has 112 valence electrons. The Balaban J connectivity index is 2.35. The van der Waals surface area contributed by atoms with Crippen molar-refractivity contribution in [2.24, 2.45) is 0 Å². The first-order valence-electron chi connectivity index (χ1n) is 6.42. The summed E-state index contributed by atoms with van der Waals surface area (Å²) in [6.07, 6.45) is 1.24. The van der Waals surface area contributed by atoms with Crippen molar-refractivity contribution in [1.82, 2.24) is 4.31 Å². The Labute approximate surface area is 119 Å². The average molecular weight is 300 g/mol. The molecule has 0 radical (unpaired) electrons. The van der Waals surface area contributed by atoms with E-state index in [1.54, 1.807) is 6.92 Å². The molecule has 0 amide bonds. The van der Waals surface area contributed by atoms with Crippen LogP contribution in [0, 0.1) is 0 Å². The van der Waals surface area contributed by atoms with Gasteiger partial charge in [0.25, 0.3) is 0 Å². The van der Waals surface area contributed by atoms with Gasteiger partial charge < -0.3 is 15.6 Å². The second-order valence-corrected chi connectivity index (χ2v) is 7.28. The Kier molecular flexibility index (Phi) is 3.95. The Morgan fingerprint density at radius 3 is 2.75 bits per heavy atom. The molecule has 3 N–H and O–H groups in total. The quantitative estimate of drug-likeness (QED) is 0.806. The van der Waals surface area contributed by atoms with Crippen molar-refractivity contribution in [2.75, 3.05) is 25.9 Å². The Hall–Kier alpha value is -1.31. The van der Waals surface area contributed by atoms with Gasteiger partial charge in [0.05, 0.1) is 23.3 Å². The van der Waals surface area contributed by atoms with Crippen LogP contribution in [-0.4, -0.2) is 43.6 Å². The van der Waals surface area contributed by atoms with Gasteiger partial charge in [-0.2, -0.15) is 4.31 Å². The summed E-state index contributed by atoms with van der Waals surface area (Å²) in [5, 5.41) is 10.0. The first-order chi connectivity index (χ1) is 9.26. The first-order valence-corrected chi connectivity index (χ1v) is 7.86. The van der Waals surface area contributed by atoms with Crippen LogP contribution < -0.4 is 10.5 Å². The van der Waals surface area contributed by atoms with Gasteiger partial charge in [-0.25, -0.2) is 8.42 Å². The molecule has 0 bridgehead atoms. The number of nitrogens with zero attached hydrogens (tertiary/aromatic N) is 1. The number of hydrogen-bond donors (Lipinski definition) is 2. The van der Waals surface area contributed by atoms with E-state index in [-0.39, 0.29) is 11.4 Å². The summed E-state index contributed by atoms with van der Waals surface area (Å²) in [6.45, 7) is 2.16. The smallest absolute Gasteiger partial charge is 0.243 e. The molecule has 0 spiro atoms. The van der Waals surface area contributed by atoms with Crippen LogP contribution in [0.4, 0.5) is 5.69 Å². The van der Waals surface area contributed by atoms with E-state index in [4.69, 9.17) is 10.5 Å². The van der Waals surface area contributed by atoms with Crippen LogP contribution in [0.2, 0.25) is 0 Å². The fraction of sp³-hybridized carbons (Fsp3) is 0.538. The molecule has 20 heavy (non-hydrogen) atoms. The molecule has 1 fully saturated rings. The zero-order valence-electron chi connectivity index (χ0n) is 11.7. The maximum absolute atomic E-state index is 12.6. The average Bonchev–Trinajstić information content (AvgIpc) is 2.37. The van der Waals surface area contributed by atoms with Gasteiger partial charge in [0, 0.05) is 19.2 Å². The number of methoxy groups -OCH3 is 1. The van der Waals surface area contributed by atoms with Crippen LogP contribution >= 0.6 is 0 Å². The van der Waals surface area contributed by atoms with Crippen molar-refractivity contribution in [2.45, 2.75) is 30.3 Å². The van der Waals surface area contributed by atoms with Gasteiger partial charge in [-0.1, -0.05) is 0 Å². The molecule has 1 unspecified atom stereocenters. The van der Waals surface area contributed by atoms with Crippen LogP contribution in [0.15, 0.2) is 23.1 Å². The highest BCUT2D eigenvalue weighted by Gasteiger charge is 2.35. The number of aliphatic hydroxyl groups is 1. The van der Waals surface area contributed by atoms with Crippen molar-refractivity contribution in [3.63, 3.8) is 0 Å². The number of nitrogens with two attached hydrogens (primary N) is 1. The lowest BCUT2D eigenvalue weighted by atomic mass is 9.97. The van der Waals surface area contributed by atoms with E-state index >= 15 is 0 Å². The fourth-order valence-corrected chi connectivity index (χ4v) is 3.99. The molecular formula is C13H20N2O4S. The number of β-amino-alcohol motifs (C(OH)–C–C–N with tert-alkyl or cyclic N) is 1. The normalized spacial score (nSPS) is 24.6. The third kappa shape index (κ3) is 2.89. The maximum Gasteiger partial charge on any atom is 0.243 e.